The molecule has 28 heavy (non-hydrogen) atoms. The van der Waals surface area contributed by atoms with Gasteiger partial charge in [0.1, 0.15) is 10.6 Å². The molecule has 1 N–H and O–H groups in total. The molecule has 1 aromatic carbocycles. The largest absolute Gasteiger partial charge is 0.497 e. The van der Waals surface area contributed by atoms with Crippen molar-refractivity contribution in [3.63, 3.8) is 0 Å². The second-order valence-electron chi connectivity index (χ2n) is 6.94. The van der Waals surface area contributed by atoms with Crippen LogP contribution in [0.15, 0.2) is 29.1 Å². The summed E-state index contributed by atoms with van der Waals surface area (Å²) in [5.74, 6) is 1.31. The summed E-state index contributed by atoms with van der Waals surface area (Å²) in [5, 5.41) is 4.06. The van der Waals surface area contributed by atoms with Crippen LogP contribution < -0.4 is 15.6 Å². The zero-order valence-corrected chi connectivity index (χ0v) is 17.1. The lowest BCUT2D eigenvalue weighted by Crippen LogP contribution is -2.25. The number of hydrogen-bond donors (Lipinski definition) is 1. The minimum absolute atomic E-state index is 0.00511. The van der Waals surface area contributed by atoms with Crippen LogP contribution >= 0.6 is 11.3 Å². The van der Waals surface area contributed by atoms with Crippen LogP contribution in [0.2, 0.25) is 0 Å². The monoisotopic (exact) mass is 399 g/mol. The standard InChI is InChI=1S/C21H25N3O3S/c1-26-13-12-22-21-23-19-18(16-6-4-3-5-7-17(16)28-19)20(25)24(21)14-8-10-15(27-2)11-9-14/h8-11H,3-7,12-13H2,1-2H3,(H,22,23). The number of rotatable bonds is 6. The number of methoxy groups -OCH3 is 2. The van der Waals surface area contributed by atoms with Crippen LogP contribution in [0.3, 0.4) is 0 Å². The van der Waals surface area contributed by atoms with Crippen molar-refractivity contribution >= 4 is 27.5 Å². The molecule has 0 saturated carbocycles. The number of benzene rings is 1. The molecule has 1 aliphatic carbocycles. The van der Waals surface area contributed by atoms with Crippen LogP contribution in [0.25, 0.3) is 15.9 Å². The van der Waals surface area contributed by atoms with Crippen molar-refractivity contribution in [3.8, 4) is 11.4 Å². The highest BCUT2D eigenvalue weighted by Gasteiger charge is 2.22. The average molecular weight is 400 g/mol. The Balaban J connectivity index is 1.90. The molecule has 4 rings (SSSR count). The van der Waals surface area contributed by atoms with Gasteiger partial charge in [0.15, 0.2) is 0 Å². The third-order valence-corrected chi connectivity index (χ3v) is 6.34. The minimum Gasteiger partial charge on any atom is -0.497 e. The minimum atomic E-state index is -0.00511. The van der Waals surface area contributed by atoms with Crippen molar-refractivity contribution in [1.29, 1.82) is 0 Å². The molecule has 0 fully saturated rings. The molecule has 0 amide bonds. The van der Waals surface area contributed by atoms with E-state index in [1.807, 2.05) is 24.3 Å². The smallest absolute Gasteiger partial charge is 0.268 e. The van der Waals surface area contributed by atoms with Gasteiger partial charge in [0.05, 0.1) is 24.8 Å². The van der Waals surface area contributed by atoms with E-state index in [0.29, 0.717) is 19.1 Å². The van der Waals surface area contributed by atoms with E-state index in [9.17, 15) is 4.79 Å². The van der Waals surface area contributed by atoms with E-state index >= 15 is 0 Å². The SMILES string of the molecule is COCCNc1nc2sc3c(c2c(=O)n1-c1ccc(OC)cc1)CCCCC3. The van der Waals surface area contributed by atoms with E-state index in [2.05, 4.69) is 5.32 Å². The number of nitrogens with one attached hydrogen (secondary N) is 1. The van der Waals surface area contributed by atoms with Crippen LogP contribution in [0.4, 0.5) is 5.95 Å². The normalized spacial score (nSPS) is 13.9. The lowest BCUT2D eigenvalue weighted by molar-refractivity contribution is 0.210. The summed E-state index contributed by atoms with van der Waals surface area (Å²) in [4.78, 5) is 20.6. The van der Waals surface area contributed by atoms with E-state index in [0.717, 1.165) is 40.9 Å². The molecular weight excluding hydrogens is 374 g/mol. The second-order valence-corrected chi connectivity index (χ2v) is 8.02. The van der Waals surface area contributed by atoms with Gasteiger partial charge in [0, 0.05) is 18.5 Å². The zero-order valence-electron chi connectivity index (χ0n) is 16.3. The molecule has 7 heteroatoms. The van der Waals surface area contributed by atoms with E-state index in [1.54, 1.807) is 30.1 Å². The van der Waals surface area contributed by atoms with Gasteiger partial charge in [-0.15, -0.1) is 11.3 Å². The molecule has 6 nitrogen and oxygen atoms in total. The van der Waals surface area contributed by atoms with Crippen LogP contribution in [0.1, 0.15) is 29.7 Å². The summed E-state index contributed by atoms with van der Waals surface area (Å²) in [6, 6.07) is 7.50. The van der Waals surface area contributed by atoms with Gasteiger partial charge >= 0.3 is 0 Å². The predicted molar refractivity (Wildman–Crippen MR) is 113 cm³/mol. The van der Waals surface area contributed by atoms with Crippen LogP contribution in [-0.4, -0.2) is 36.9 Å². The van der Waals surface area contributed by atoms with Gasteiger partial charge in [-0.1, -0.05) is 6.42 Å². The van der Waals surface area contributed by atoms with Crippen LogP contribution in [0.5, 0.6) is 5.75 Å². The maximum Gasteiger partial charge on any atom is 0.268 e. The van der Waals surface area contributed by atoms with Gasteiger partial charge < -0.3 is 14.8 Å². The molecule has 2 aromatic heterocycles. The number of thiophene rings is 1. The number of aromatic nitrogens is 2. The molecule has 0 aliphatic heterocycles. The van der Waals surface area contributed by atoms with Crippen LogP contribution in [0, 0.1) is 0 Å². The lowest BCUT2D eigenvalue weighted by atomic mass is 10.1. The molecule has 0 spiro atoms. The number of anilines is 1. The van der Waals surface area contributed by atoms with Gasteiger partial charge in [-0.3, -0.25) is 4.79 Å². The fourth-order valence-electron chi connectivity index (χ4n) is 3.74. The molecule has 3 aromatic rings. The quantitative estimate of drug-likeness (QED) is 0.505. The number of hydrogen-bond acceptors (Lipinski definition) is 6. The highest BCUT2D eigenvalue weighted by Crippen LogP contribution is 2.34. The fraction of sp³-hybridized carbons (Fsp3) is 0.429. The molecule has 148 valence electrons. The maximum atomic E-state index is 13.6. The first kappa shape index (κ1) is 19.0. The average Bonchev–Trinajstić information content (AvgIpc) is 2.90. The van der Waals surface area contributed by atoms with Crippen molar-refractivity contribution in [2.24, 2.45) is 0 Å². The summed E-state index contributed by atoms with van der Waals surface area (Å²) >= 11 is 1.67. The summed E-state index contributed by atoms with van der Waals surface area (Å²) < 4.78 is 12.1. The summed E-state index contributed by atoms with van der Waals surface area (Å²) in [7, 11) is 3.29. The Morgan fingerprint density at radius 1 is 1.14 bits per heavy atom. The van der Waals surface area contributed by atoms with Crippen molar-refractivity contribution in [3.05, 3.63) is 45.1 Å². The summed E-state index contributed by atoms with van der Waals surface area (Å²) in [6.45, 7) is 1.12. The lowest BCUT2D eigenvalue weighted by Gasteiger charge is -2.14. The van der Waals surface area contributed by atoms with Crippen molar-refractivity contribution in [2.75, 3.05) is 32.7 Å². The molecule has 0 radical (unpaired) electrons. The topological polar surface area (TPSA) is 65.4 Å². The van der Waals surface area contributed by atoms with Gasteiger partial charge in [0.25, 0.3) is 5.56 Å². The number of fused-ring (bicyclic) bond motifs is 3. The van der Waals surface area contributed by atoms with Gasteiger partial charge in [0.2, 0.25) is 5.95 Å². The second kappa shape index (κ2) is 8.32. The Morgan fingerprint density at radius 2 is 1.93 bits per heavy atom. The van der Waals surface area contributed by atoms with Gasteiger partial charge in [-0.05, 0) is 55.5 Å². The fourth-order valence-corrected chi connectivity index (χ4v) is 4.99. The van der Waals surface area contributed by atoms with E-state index < -0.39 is 0 Å². The van der Waals surface area contributed by atoms with E-state index in [4.69, 9.17) is 14.5 Å². The van der Waals surface area contributed by atoms with Gasteiger partial charge in [-0.2, -0.15) is 0 Å². The molecule has 0 atom stereocenters. The first-order valence-corrected chi connectivity index (χ1v) is 10.5. The highest BCUT2D eigenvalue weighted by molar-refractivity contribution is 7.18. The van der Waals surface area contributed by atoms with E-state index in [-0.39, 0.29) is 5.56 Å². The molecule has 1 aliphatic rings. The first-order valence-electron chi connectivity index (χ1n) is 9.67. The highest BCUT2D eigenvalue weighted by atomic mass is 32.1. The molecule has 0 saturated heterocycles. The van der Waals surface area contributed by atoms with Crippen molar-refractivity contribution in [2.45, 2.75) is 32.1 Å². The molecular formula is C21H25N3O3S. The van der Waals surface area contributed by atoms with Crippen molar-refractivity contribution < 1.29 is 9.47 Å². The molecule has 0 unspecified atom stereocenters. The Labute approximate surface area is 168 Å². The van der Waals surface area contributed by atoms with E-state index in [1.165, 1.54) is 23.3 Å². The van der Waals surface area contributed by atoms with Crippen LogP contribution in [-0.2, 0) is 17.6 Å². The number of ether oxygens (including phenoxy) is 2. The maximum absolute atomic E-state index is 13.6. The predicted octanol–water partition coefficient (Wildman–Crippen LogP) is 3.78. The van der Waals surface area contributed by atoms with Crippen molar-refractivity contribution in [1.82, 2.24) is 9.55 Å². The first-order chi connectivity index (χ1) is 13.7. The number of nitrogens with zero attached hydrogens (tertiary/aromatic N) is 2. The number of aryl methyl sites for hydroxylation is 2. The zero-order chi connectivity index (χ0) is 19.5. The third-order valence-electron chi connectivity index (χ3n) is 5.16. The summed E-state index contributed by atoms with van der Waals surface area (Å²) in [5.41, 5.74) is 1.98. The third kappa shape index (κ3) is 3.52. The Bertz CT molecular complexity index is 1020. The van der Waals surface area contributed by atoms with Gasteiger partial charge in [-0.25, -0.2) is 9.55 Å². The Morgan fingerprint density at radius 3 is 2.68 bits per heavy atom. The summed E-state index contributed by atoms with van der Waals surface area (Å²) in [6.07, 6.45) is 5.55. The Kier molecular flexibility index (Phi) is 5.64. The molecule has 2 heterocycles. The Hall–Kier alpha value is -2.38. The molecule has 0 bridgehead atoms.